The van der Waals surface area contributed by atoms with Gasteiger partial charge in [-0.15, -0.1) is 0 Å². The third-order valence-corrected chi connectivity index (χ3v) is 5.62. The third kappa shape index (κ3) is 3.21. The van der Waals surface area contributed by atoms with E-state index in [1.165, 1.54) is 0 Å². The third-order valence-electron chi connectivity index (χ3n) is 5.62. The van der Waals surface area contributed by atoms with Gasteiger partial charge < -0.3 is 13.8 Å². The lowest BCUT2D eigenvalue weighted by atomic mass is 10.0. The molecule has 7 nitrogen and oxygen atoms in total. The maximum absolute atomic E-state index is 12.9. The van der Waals surface area contributed by atoms with Gasteiger partial charge in [-0.05, 0) is 38.0 Å². The number of alkyl halides is 1. The number of hydrogen-bond donors (Lipinski definition) is 0. The molecule has 0 amide bonds. The van der Waals surface area contributed by atoms with E-state index in [-0.39, 0.29) is 17.9 Å². The van der Waals surface area contributed by atoms with E-state index in [1.54, 1.807) is 18.3 Å². The largest absolute Gasteiger partial charge is 0.378 e. The number of imidazole rings is 1. The number of ether oxygens (including phenoxy) is 1. The van der Waals surface area contributed by atoms with Crippen molar-refractivity contribution in [1.82, 2.24) is 19.7 Å². The number of hydrogen-bond acceptors (Lipinski definition) is 6. The highest BCUT2D eigenvalue weighted by molar-refractivity contribution is 6.02. The van der Waals surface area contributed by atoms with E-state index in [0.717, 1.165) is 40.6 Å². The second-order valence-electron chi connectivity index (χ2n) is 7.69. The minimum absolute atomic E-state index is 0.141. The molecule has 152 valence electrons. The SMILES string of the molecule is C[C@@H]1C[C@H](n2c(Cc3cc(CF)on3)nc3cnc4ccc(C#N)cc4c32)CCO1. The molecule has 1 aromatic carbocycles. The zero-order chi connectivity index (χ0) is 20.7. The van der Waals surface area contributed by atoms with Crippen LogP contribution in [0.5, 0.6) is 0 Å². The van der Waals surface area contributed by atoms with Crippen molar-refractivity contribution in [1.29, 1.82) is 5.26 Å². The second kappa shape index (κ2) is 7.50. The number of rotatable bonds is 4. The first-order valence-electron chi connectivity index (χ1n) is 9.98. The average molecular weight is 405 g/mol. The molecule has 4 aromatic rings. The summed E-state index contributed by atoms with van der Waals surface area (Å²) in [4.78, 5) is 9.38. The van der Waals surface area contributed by atoms with E-state index >= 15 is 0 Å². The molecule has 4 heterocycles. The topological polar surface area (TPSA) is 89.8 Å². The van der Waals surface area contributed by atoms with E-state index in [2.05, 4.69) is 27.7 Å². The van der Waals surface area contributed by atoms with Gasteiger partial charge in [-0.1, -0.05) is 5.16 Å². The van der Waals surface area contributed by atoms with Gasteiger partial charge in [0, 0.05) is 24.1 Å². The zero-order valence-corrected chi connectivity index (χ0v) is 16.5. The van der Waals surface area contributed by atoms with Gasteiger partial charge in [0.25, 0.3) is 0 Å². The lowest BCUT2D eigenvalue weighted by molar-refractivity contribution is 0.00630. The van der Waals surface area contributed by atoms with E-state index in [1.807, 2.05) is 12.1 Å². The van der Waals surface area contributed by atoms with Gasteiger partial charge in [0.05, 0.1) is 47.1 Å². The minimum Gasteiger partial charge on any atom is -0.378 e. The van der Waals surface area contributed by atoms with Crippen molar-refractivity contribution < 1.29 is 13.7 Å². The number of nitriles is 1. The van der Waals surface area contributed by atoms with Crippen LogP contribution in [0.3, 0.4) is 0 Å². The molecule has 1 aliphatic rings. The number of pyridine rings is 1. The molecule has 0 saturated carbocycles. The number of aromatic nitrogens is 4. The molecule has 0 N–H and O–H groups in total. The molecule has 0 spiro atoms. The number of benzene rings is 1. The summed E-state index contributed by atoms with van der Waals surface area (Å²) in [6.07, 6.45) is 4.04. The Morgan fingerprint density at radius 2 is 2.20 bits per heavy atom. The lowest BCUT2D eigenvalue weighted by Crippen LogP contribution is -2.26. The first-order valence-corrected chi connectivity index (χ1v) is 9.98. The standard InChI is InChI=1S/C22H20FN5O2/c1-13-6-16(4-5-29-13)28-21(9-15-8-17(10-23)30-27-15)26-20-12-25-19-3-2-14(11-24)7-18(19)22(20)28/h2-3,7-8,12-13,16H,4-6,9-10H2,1H3/t13-,16-/m1/s1. The lowest BCUT2D eigenvalue weighted by Gasteiger charge is -2.30. The van der Waals surface area contributed by atoms with Crippen molar-refractivity contribution >= 4 is 21.9 Å². The van der Waals surface area contributed by atoms with Crippen LogP contribution in [0.2, 0.25) is 0 Å². The zero-order valence-electron chi connectivity index (χ0n) is 16.5. The Bertz CT molecular complexity index is 1270. The quantitative estimate of drug-likeness (QED) is 0.504. The van der Waals surface area contributed by atoms with Crippen LogP contribution in [0.25, 0.3) is 21.9 Å². The molecule has 8 heteroatoms. The van der Waals surface area contributed by atoms with Crippen LogP contribution < -0.4 is 0 Å². The molecule has 0 unspecified atom stereocenters. The van der Waals surface area contributed by atoms with Gasteiger partial charge in [0.15, 0.2) is 5.76 Å². The number of fused-ring (bicyclic) bond motifs is 3. The van der Waals surface area contributed by atoms with E-state index in [9.17, 15) is 9.65 Å². The van der Waals surface area contributed by atoms with Gasteiger partial charge in [-0.25, -0.2) is 9.37 Å². The summed E-state index contributed by atoms with van der Waals surface area (Å²) in [7, 11) is 0. The first kappa shape index (κ1) is 18.7. The van der Waals surface area contributed by atoms with Gasteiger partial charge in [0.1, 0.15) is 18.0 Å². The molecule has 2 atom stereocenters. The average Bonchev–Trinajstić information content (AvgIpc) is 3.37. The maximum atomic E-state index is 12.9. The van der Waals surface area contributed by atoms with Crippen LogP contribution in [0.4, 0.5) is 4.39 Å². The fourth-order valence-corrected chi connectivity index (χ4v) is 4.29. The van der Waals surface area contributed by atoms with Crippen LogP contribution in [0, 0.1) is 11.3 Å². The van der Waals surface area contributed by atoms with Gasteiger partial charge in [0.2, 0.25) is 0 Å². The molecular weight excluding hydrogens is 385 g/mol. The van der Waals surface area contributed by atoms with Gasteiger partial charge in [-0.3, -0.25) is 4.98 Å². The van der Waals surface area contributed by atoms with Crippen LogP contribution >= 0.6 is 0 Å². The Morgan fingerprint density at radius 1 is 1.30 bits per heavy atom. The summed E-state index contributed by atoms with van der Waals surface area (Å²) in [5, 5.41) is 14.3. The molecule has 3 aromatic heterocycles. The van der Waals surface area contributed by atoms with Crippen molar-refractivity contribution in [3.05, 3.63) is 53.3 Å². The Labute approximate surface area is 172 Å². The summed E-state index contributed by atoms with van der Waals surface area (Å²) >= 11 is 0. The van der Waals surface area contributed by atoms with Crippen molar-refractivity contribution in [2.75, 3.05) is 6.61 Å². The van der Waals surface area contributed by atoms with Gasteiger partial charge in [-0.2, -0.15) is 5.26 Å². The molecule has 30 heavy (non-hydrogen) atoms. The van der Waals surface area contributed by atoms with E-state index in [4.69, 9.17) is 14.2 Å². The van der Waals surface area contributed by atoms with Crippen molar-refractivity contribution in [2.24, 2.45) is 0 Å². The van der Waals surface area contributed by atoms with Crippen LogP contribution in [0.1, 0.15) is 48.6 Å². The Kier molecular flexibility index (Phi) is 4.68. The molecule has 1 saturated heterocycles. The summed E-state index contributed by atoms with van der Waals surface area (Å²) < 4.78 is 25.9. The fourth-order valence-electron chi connectivity index (χ4n) is 4.29. The molecule has 1 aliphatic heterocycles. The normalized spacial score (nSPS) is 19.4. The number of nitrogens with zero attached hydrogens (tertiary/aromatic N) is 5. The Balaban J connectivity index is 1.72. The second-order valence-corrected chi connectivity index (χ2v) is 7.69. The minimum atomic E-state index is -0.688. The molecule has 0 bridgehead atoms. The molecule has 0 radical (unpaired) electrons. The van der Waals surface area contributed by atoms with Crippen LogP contribution in [0.15, 0.2) is 35.0 Å². The Hall–Kier alpha value is -3.31. The monoisotopic (exact) mass is 405 g/mol. The van der Waals surface area contributed by atoms with Crippen molar-refractivity contribution in [2.45, 2.75) is 45.0 Å². The summed E-state index contributed by atoms with van der Waals surface area (Å²) in [6.45, 7) is 2.06. The summed E-state index contributed by atoms with van der Waals surface area (Å²) in [5.41, 5.74) is 3.75. The molecule has 1 fully saturated rings. The van der Waals surface area contributed by atoms with Crippen LogP contribution in [-0.4, -0.2) is 32.4 Å². The first-order chi connectivity index (χ1) is 14.7. The highest BCUT2D eigenvalue weighted by Gasteiger charge is 2.27. The van der Waals surface area contributed by atoms with E-state index in [0.29, 0.717) is 24.3 Å². The number of halogens is 1. The van der Waals surface area contributed by atoms with Crippen molar-refractivity contribution in [3.63, 3.8) is 0 Å². The molecular formula is C22H20FN5O2. The van der Waals surface area contributed by atoms with E-state index < -0.39 is 6.67 Å². The highest BCUT2D eigenvalue weighted by atomic mass is 19.1. The van der Waals surface area contributed by atoms with Crippen molar-refractivity contribution in [3.8, 4) is 6.07 Å². The fraction of sp³-hybridized carbons (Fsp3) is 0.364. The summed E-state index contributed by atoms with van der Waals surface area (Å²) in [6, 6.07) is 9.53. The summed E-state index contributed by atoms with van der Waals surface area (Å²) in [5.74, 6) is 1.03. The van der Waals surface area contributed by atoms with Crippen LogP contribution in [-0.2, 0) is 17.8 Å². The highest BCUT2D eigenvalue weighted by Crippen LogP contribution is 2.34. The maximum Gasteiger partial charge on any atom is 0.167 e. The molecule has 5 rings (SSSR count). The Morgan fingerprint density at radius 3 is 2.97 bits per heavy atom. The van der Waals surface area contributed by atoms with Gasteiger partial charge >= 0.3 is 0 Å². The predicted molar refractivity (Wildman–Crippen MR) is 108 cm³/mol. The predicted octanol–water partition coefficient (Wildman–Crippen LogP) is 4.24. The smallest absolute Gasteiger partial charge is 0.167 e. The molecule has 0 aliphatic carbocycles.